The number of rotatable bonds is 6. The summed E-state index contributed by atoms with van der Waals surface area (Å²) in [7, 11) is 0. The molecule has 0 saturated heterocycles. The Morgan fingerprint density at radius 2 is 2.22 bits per heavy atom. The lowest BCUT2D eigenvalue weighted by atomic mass is 10.4. The number of aryl methyl sites for hydroxylation is 1. The molecule has 0 radical (unpaired) electrons. The lowest BCUT2D eigenvalue weighted by molar-refractivity contribution is 0.602. The minimum absolute atomic E-state index is 0.715. The highest BCUT2D eigenvalue weighted by Gasteiger charge is 2.20. The molecule has 1 saturated carbocycles. The molecule has 0 amide bonds. The summed E-state index contributed by atoms with van der Waals surface area (Å²) in [5.74, 6) is 0.975. The van der Waals surface area contributed by atoms with Crippen molar-refractivity contribution in [3.05, 3.63) is 30.4 Å². The van der Waals surface area contributed by atoms with E-state index in [2.05, 4.69) is 36.6 Å². The van der Waals surface area contributed by atoms with Crippen LogP contribution in [0.1, 0.15) is 31.3 Å². The molecule has 0 bridgehead atoms. The molecule has 0 unspecified atom stereocenters. The Morgan fingerprint density at radius 1 is 1.33 bits per heavy atom. The van der Waals surface area contributed by atoms with Crippen molar-refractivity contribution in [2.24, 2.45) is 0 Å². The lowest BCUT2D eigenvalue weighted by Crippen LogP contribution is -2.19. The Balaban J connectivity index is 1.69. The molecule has 0 aromatic carbocycles. The molecule has 0 spiro atoms. The monoisotopic (exact) mass is 246 g/mol. The molecule has 2 heterocycles. The highest BCUT2D eigenvalue weighted by molar-refractivity contribution is 5.02. The number of nitrogens with zero attached hydrogens (tertiary/aromatic N) is 5. The van der Waals surface area contributed by atoms with Crippen LogP contribution in [0.3, 0.4) is 0 Å². The summed E-state index contributed by atoms with van der Waals surface area (Å²) >= 11 is 0. The Morgan fingerprint density at radius 3 is 3.00 bits per heavy atom. The number of aromatic nitrogens is 5. The fourth-order valence-corrected chi connectivity index (χ4v) is 1.99. The van der Waals surface area contributed by atoms with Crippen molar-refractivity contribution >= 4 is 0 Å². The quantitative estimate of drug-likeness (QED) is 0.819. The minimum atomic E-state index is 0.715. The zero-order valence-electron chi connectivity index (χ0n) is 10.6. The summed E-state index contributed by atoms with van der Waals surface area (Å²) < 4.78 is 4.18. The molecule has 2 aromatic heterocycles. The van der Waals surface area contributed by atoms with Gasteiger partial charge in [-0.15, -0.1) is 10.2 Å². The third-order valence-corrected chi connectivity index (χ3v) is 3.30. The minimum Gasteiger partial charge on any atom is -0.326 e. The maximum absolute atomic E-state index is 4.22. The van der Waals surface area contributed by atoms with Gasteiger partial charge in [0.2, 0.25) is 0 Å². The molecular weight excluding hydrogens is 228 g/mol. The third-order valence-electron chi connectivity index (χ3n) is 3.30. The first kappa shape index (κ1) is 11.4. The van der Waals surface area contributed by atoms with Gasteiger partial charge in [-0.3, -0.25) is 0 Å². The van der Waals surface area contributed by atoms with E-state index in [1.165, 1.54) is 18.5 Å². The first-order valence-electron chi connectivity index (χ1n) is 6.46. The van der Waals surface area contributed by atoms with Gasteiger partial charge in [-0.25, -0.2) is 4.98 Å². The molecule has 2 aromatic rings. The maximum atomic E-state index is 4.22. The summed E-state index contributed by atoms with van der Waals surface area (Å²) in [5.41, 5.74) is 1.20. The first-order chi connectivity index (χ1) is 8.86. The molecule has 18 heavy (non-hydrogen) atoms. The zero-order valence-corrected chi connectivity index (χ0v) is 10.6. The van der Waals surface area contributed by atoms with Crippen molar-refractivity contribution in [1.29, 1.82) is 0 Å². The van der Waals surface area contributed by atoms with Gasteiger partial charge in [0.05, 0.1) is 18.6 Å². The fourth-order valence-electron chi connectivity index (χ4n) is 1.99. The third kappa shape index (κ3) is 2.43. The van der Waals surface area contributed by atoms with Crippen molar-refractivity contribution in [1.82, 2.24) is 29.6 Å². The van der Waals surface area contributed by atoms with Gasteiger partial charge in [0.15, 0.2) is 5.82 Å². The van der Waals surface area contributed by atoms with Crippen LogP contribution in [0.25, 0.3) is 0 Å². The Bertz CT molecular complexity index is 510. The van der Waals surface area contributed by atoms with E-state index in [1.54, 1.807) is 6.33 Å². The van der Waals surface area contributed by atoms with Gasteiger partial charge in [-0.05, 0) is 19.8 Å². The van der Waals surface area contributed by atoms with Gasteiger partial charge in [0, 0.05) is 25.3 Å². The van der Waals surface area contributed by atoms with E-state index in [1.807, 2.05) is 12.5 Å². The summed E-state index contributed by atoms with van der Waals surface area (Å²) in [6.45, 7) is 4.60. The molecule has 1 aliphatic carbocycles. The summed E-state index contributed by atoms with van der Waals surface area (Å²) in [6, 6.07) is 0.715. The number of hydrogen-bond acceptors (Lipinski definition) is 4. The SMILES string of the molecule is CCn1cnnc1Cn1cncc1CNC1CC1. The zero-order chi connectivity index (χ0) is 12.4. The second-order valence-electron chi connectivity index (χ2n) is 4.70. The second kappa shape index (κ2) is 4.89. The Labute approximate surface area is 106 Å². The van der Waals surface area contributed by atoms with E-state index in [0.29, 0.717) is 6.04 Å². The van der Waals surface area contributed by atoms with Gasteiger partial charge in [0.25, 0.3) is 0 Å². The molecule has 1 aliphatic rings. The summed E-state index contributed by atoms with van der Waals surface area (Å²) in [5, 5.41) is 11.6. The molecule has 0 atom stereocenters. The molecule has 1 N–H and O–H groups in total. The van der Waals surface area contributed by atoms with Crippen LogP contribution in [-0.4, -0.2) is 30.4 Å². The van der Waals surface area contributed by atoms with Crippen molar-refractivity contribution in [3.8, 4) is 0 Å². The molecule has 6 nitrogen and oxygen atoms in total. The van der Waals surface area contributed by atoms with Gasteiger partial charge in [-0.2, -0.15) is 0 Å². The van der Waals surface area contributed by atoms with Crippen LogP contribution in [0.2, 0.25) is 0 Å². The van der Waals surface area contributed by atoms with Gasteiger partial charge in [0.1, 0.15) is 6.33 Å². The standard InChI is InChI=1S/C12H18N6/c1-2-17-9-15-16-12(17)7-18-8-13-5-11(18)6-14-10-3-4-10/h5,8-10,14H,2-4,6-7H2,1H3. The van der Waals surface area contributed by atoms with Crippen LogP contribution in [0.5, 0.6) is 0 Å². The van der Waals surface area contributed by atoms with Gasteiger partial charge < -0.3 is 14.5 Å². The molecule has 1 fully saturated rings. The second-order valence-corrected chi connectivity index (χ2v) is 4.70. The van der Waals surface area contributed by atoms with Gasteiger partial charge >= 0.3 is 0 Å². The average Bonchev–Trinajstić information content (AvgIpc) is 2.94. The number of hydrogen-bond donors (Lipinski definition) is 1. The van der Waals surface area contributed by atoms with Crippen LogP contribution in [-0.2, 0) is 19.6 Å². The molecule has 0 aliphatic heterocycles. The number of nitrogens with one attached hydrogen (secondary N) is 1. The number of imidazole rings is 1. The first-order valence-corrected chi connectivity index (χ1v) is 6.46. The van der Waals surface area contributed by atoms with Crippen molar-refractivity contribution in [2.75, 3.05) is 0 Å². The Kier molecular flexibility index (Phi) is 3.10. The maximum Gasteiger partial charge on any atom is 0.152 e. The van der Waals surface area contributed by atoms with E-state index >= 15 is 0 Å². The highest BCUT2D eigenvalue weighted by atomic mass is 15.3. The van der Waals surface area contributed by atoms with E-state index < -0.39 is 0 Å². The molecule has 6 heteroatoms. The topological polar surface area (TPSA) is 60.6 Å². The summed E-state index contributed by atoms with van der Waals surface area (Å²) in [4.78, 5) is 4.22. The predicted molar refractivity (Wildman–Crippen MR) is 66.9 cm³/mol. The molecule has 96 valence electrons. The smallest absolute Gasteiger partial charge is 0.152 e. The lowest BCUT2D eigenvalue weighted by Gasteiger charge is -2.09. The Hall–Kier alpha value is -1.69. The summed E-state index contributed by atoms with van der Waals surface area (Å²) in [6.07, 6.45) is 8.16. The fraction of sp³-hybridized carbons (Fsp3) is 0.583. The molecule has 3 rings (SSSR count). The molecular formula is C12H18N6. The van der Waals surface area contributed by atoms with Crippen LogP contribution >= 0.6 is 0 Å². The predicted octanol–water partition coefficient (Wildman–Crippen LogP) is 0.795. The van der Waals surface area contributed by atoms with E-state index in [9.17, 15) is 0 Å². The van der Waals surface area contributed by atoms with Crippen LogP contribution < -0.4 is 5.32 Å². The normalized spacial score (nSPS) is 15.2. The van der Waals surface area contributed by atoms with E-state index in [4.69, 9.17) is 0 Å². The van der Waals surface area contributed by atoms with Crippen molar-refractivity contribution in [3.63, 3.8) is 0 Å². The van der Waals surface area contributed by atoms with Crippen LogP contribution in [0, 0.1) is 0 Å². The van der Waals surface area contributed by atoms with Gasteiger partial charge in [-0.1, -0.05) is 0 Å². The van der Waals surface area contributed by atoms with Crippen LogP contribution in [0.15, 0.2) is 18.9 Å². The largest absolute Gasteiger partial charge is 0.326 e. The average molecular weight is 246 g/mol. The van der Waals surface area contributed by atoms with E-state index in [-0.39, 0.29) is 0 Å². The van der Waals surface area contributed by atoms with Crippen LogP contribution in [0.4, 0.5) is 0 Å². The van der Waals surface area contributed by atoms with E-state index in [0.717, 1.165) is 25.5 Å². The van der Waals surface area contributed by atoms with Crippen molar-refractivity contribution in [2.45, 2.75) is 45.4 Å². The highest BCUT2D eigenvalue weighted by Crippen LogP contribution is 2.19. The van der Waals surface area contributed by atoms with Crippen molar-refractivity contribution < 1.29 is 0 Å².